The van der Waals surface area contributed by atoms with E-state index in [1.807, 2.05) is 35.2 Å². The number of benzene rings is 1. The van der Waals surface area contributed by atoms with Gasteiger partial charge in [0.1, 0.15) is 6.07 Å². The van der Waals surface area contributed by atoms with Crippen LogP contribution in [0.1, 0.15) is 24.1 Å². The van der Waals surface area contributed by atoms with Gasteiger partial charge in [0.15, 0.2) is 11.5 Å². The number of para-hydroxylation sites is 1. The smallest absolute Gasteiger partial charge is 0.239 e. The maximum atomic E-state index is 13.3. The van der Waals surface area contributed by atoms with Crippen LogP contribution in [0.25, 0.3) is 0 Å². The Morgan fingerprint density at radius 2 is 1.96 bits per heavy atom. The molecule has 134 valence electrons. The summed E-state index contributed by atoms with van der Waals surface area (Å²) in [6.07, 6.45) is 5.10. The highest BCUT2D eigenvalue weighted by Crippen LogP contribution is 2.33. The molecule has 4 rings (SSSR count). The minimum absolute atomic E-state index is 0.233. The topological polar surface area (TPSA) is 90.2 Å². The van der Waals surface area contributed by atoms with E-state index in [0.29, 0.717) is 31.9 Å². The van der Waals surface area contributed by atoms with Gasteiger partial charge in [-0.05, 0) is 30.9 Å². The Kier molecular flexibility index (Phi) is 4.24. The third-order valence-electron chi connectivity index (χ3n) is 5.04. The molecule has 1 atom stereocenters. The lowest BCUT2D eigenvalue weighted by Crippen LogP contribution is -2.48. The van der Waals surface area contributed by atoms with E-state index in [2.05, 4.69) is 9.97 Å². The molecule has 2 aliphatic heterocycles. The molecule has 0 unspecified atom stereocenters. The van der Waals surface area contributed by atoms with Gasteiger partial charge in [-0.3, -0.25) is 4.31 Å². The molecular formula is C18H19N5O2S. The van der Waals surface area contributed by atoms with E-state index >= 15 is 0 Å². The average molecular weight is 369 g/mol. The first-order valence-corrected chi connectivity index (χ1v) is 10.2. The van der Waals surface area contributed by atoms with Crippen LogP contribution in [-0.2, 0) is 16.4 Å². The van der Waals surface area contributed by atoms with Gasteiger partial charge < -0.3 is 4.90 Å². The molecule has 1 aromatic heterocycles. The lowest BCUT2D eigenvalue weighted by molar-refractivity contribution is 0.527. The lowest BCUT2D eigenvalue weighted by atomic mass is 10.1. The first-order chi connectivity index (χ1) is 12.6. The molecule has 2 aromatic rings. The van der Waals surface area contributed by atoms with Gasteiger partial charge in [-0.15, -0.1) is 0 Å². The molecular weight excluding hydrogens is 350 g/mol. The van der Waals surface area contributed by atoms with Crippen LogP contribution in [0.4, 0.5) is 11.5 Å². The number of nitrogens with zero attached hydrogens (tertiary/aromatic N) is 5. The third-order valence-corrected chi connectivity index (χ3v) is 7.26. The number of anilines is 2. The fraction of sp³-hybridized carbons (Fsp3) is 0.389. The fourth-order valence-electron chi connectivity index (χ4n) is 3.77. The van der Waals surface area contributed by atoms with Crippen molar-refractivity contribution in [2.24, 2.45) is 0 Å². The highest BCUT2D eigenvalue weighted by Gasteiger charge is 2.38. The summed E-state index contributed by atoms with van der Waals surface area (Å²) in [5, 5.41) is 8.73. The zero-order chi connectivity index (χ0) is 18.1. The lowest BCUT2D eigenvalue weighted by Gasteiger charge is -2.35. The van der Waals surface area contributed by atoms with E-state index in [9.17, 15) is 13.7 Å². The molecule has 2 aliphatic rings. The third kappa shape index (κ3) is 2.78. The van der Waals surface area contributed by atoms with Crippen LogP contribution in [0.2, 0.25) is 0 Å². The molecule has 1 saturated heterocycles. The summed E-state index contributed by atoms with van der Waals surface area (Å²) in [6.45, 7) is 1.50. The second-order valence-corrected chi connectivity index (χ2v) is 8.68. The summed E-state index contributed by atoms with van der Waals surface area (Å²) in [7, 11) is -3.48. The Bertz CT molecular complexity index is 970. The van der Waals surface area contributed by atoms with E-state index in [0.717, 1.165) is 24.1 Å². The summed E-state index contributed by atoms with van der Waals surface area (Å²) >= 11 is 0. The molecule has 0 saturated carbocycles. The Morgan fingerprint density at radius 1 is 1.15 bits per heavy atom. The van der Waals surface area contributed by atoms with Crippen molar-refractivity contribution >= 4 is 21.5 Å². The first-order valence-electron chi connectivity index (χ1n) is 8.67. The molecule has 0 spiro atoms. The van der Waals surface area contributed by atoms with Gasteiger partial charge in [-0.2, -0.15) is 5.26 Å². The van der Waals surface area contributed by atoms with Gasteiger partial charge in [0.05, 0.1) is 10.9 Å². The zero-order valence-electron chi connectivity index (χ0n) is 14.2. The van der Waals surface area contributed by atoms with Crippen molar-refractivity contribution in [1.82, 2.24) is 9.97 Å². The highest BCUT2D eigenvalue weighted by atomic mass is 32.2. The van der Waals surface area contributed by atoms with Crippen molar-refractivity contribution in [3.05, 3.63) is 47.9 Å². The van der Waals surface area contributed by atoms with Gasteiger partial charge in [-0.25, -0.2) is 18.4 Å². The van der Waals surface area contributed by atoms with E-state index in [1.165, 1.54) is 12.4 Å². The Balaban J connectivity index is 1.61. The molecule has 7 nitrogen and oxygen atoms in total. The van der Waals surface area contributed by atoms with Gasteiger partial charge >= 0.3 is 0 Å². The Labute approximate surface area is 153 Å². The number of hydrogen-bond donors (Lipinski definition) is 0. The molecule has 1 aromatic carbocycles. The van der Waals surface area contributed by atoms with E-state index in [4.69, 9.17) is 0 Å². The second-order valence-electron chi connectivity index (χ2n) is 6.55. The molecule has 0 amide bonds. The largest absolute Gasteiger partial charge is 0.353 e. The quantitative estimate of drug-likeness (QED) is 0.818. The minimum atomic E-state index is -3.48. The van der Waals surface area contributed by atoms with Crippen molar-refractivity contribution in [3.63, 3.8) is 0 Å². The number of fused-ring (bicyclic) bond motifs is 1. The molecule has 3 heterocycles. The SMILES string of the molecule is N#Cc1nccnc1N1CCC[C@H](S(=O)(=O)N2CCc3ccccc32)C1. The van der Waals surface area contributed by atoms with Crippen LogP contribution in [0.3, 0.4) is 0 Å². The average Bonchev–Trinajstić information content (AvgIpc) is 3.13. The summed E-state index contributed by atoms with van der Waals surface area (Å²) in [6, 6.07) is 9.71. The monoisotopic (exact) mass is 369 g/mol. The number of hydrogen-bond acceptors (Lipinski definition) is 6. The Hall–Kier alpha value is -2.66. The summed E-state index contributed by atoms with van der Waals surface area (Å²) in [5.74, 6) is 0.469. The molecule has 0 N–H and O–H groups in total. The van der Waals surface area contributed by atoms with E-state index in [-0.39, 0.29) is 5.69 Å². The normalized spacial score (nSPS) is 19.9. The highest BCUT2D eigenvalue weighted by molar-refractivity contribution is 7.93. The number of nitriles is 1. The number of sulfonamides is 1. The van der Waals surface area contributed by atoms with Crippen LogP contribution in [0.5, 0.6) is 0 Å². The molecule has 0 bridgehead atoms. The van der Waals surface area contributed by atoms with Crippen molar-refractivity contribution in [3.8, 4) is 6.07 Å². The molecule has 26 heavy (non-hydrogen) atoms. The summed E-state index contributed by atoms with van der Waals surface area (Å²) in [5.41, 5.74) is 2.10. The summed E-state index contributed by atoms with van der Waals surface area (Å²) < 4.78 is 28.1. The molecule has 0 aliphatic carbocycles. The van der Waals surface area contributed by atoms with Gasteiger partial charge in [0.2, 0.25) is 10.0 Å². The van der Waals surface area contributed by atoms with Crippen LogP contribution in [0.15, 0.2) is 36.7 Å². The molecule has 1 fully saturated rings. The van der Waals surface area contributed by atoms with Gasteiger partial charge in [0, 0.05) is 32.0 Å². The van der Waals surface area contributed by atoms with Crippen molar-refractivity contribution in [1.29, 1.82) is 5.26 Å². The number of rotatable bonds is 3. The van der Waals surface area contributed by atoms with Crippen LogP contribution in [0, 0.1) is 11.3 Å². The van der Waals surface area contributed by atoms with E-state index in [1.54, 1.807) is 4.31 Å². The maximum Gasteiger partial charge on any atom is 0.239 e. The minimum Gasteiger partial charge on any atom is -0.353 e. The summed E-state index contributed by atoms with van der Waals surface area (Å²) in [4.78, 5) is 10.2. The molecule has 0 radical (unpaired) electrons. The fourth-order valence-corrected chi connectivity index (χ4v) is 5.76. The Morgan fingerprint density at radius 3 is 2.81 bits per heavy atom. The predicted octanol–water partition coefficient (Wildman–Crippen LogP) is 1.71. The van der Waals surface area contributed by atoms with Crippen LogP contribution in [-0.4, -0.2) is 43.3 Å². The molecule has 8 heteroatoms. The van der Waals surface area contributed by atoms with Crippen molar-refractivity contribution in [2.75, 3.05) is 28.8 Å². The van der Waals surface area contributed by atoms with Gasteiger partial charge in [0.25, 0.3) is 0 Å². The van der Waals surface area contributed by atoms with Crippen molar-refractivity contribution < 1.29 is 8.42 Å². The van der Waals surface area contributed by atoms with E-state index < -0.39 is 15.3 Å². The number of piperidine rings is 1. The number of aromatic nitrogens is 2. The van der Waals surface area contributed by atoms with Gasteiger partial charge in [-0.1, -0.05) is 18.2 Å². The zero-order valence-corrected chi connectivity index (χ0v) is 15.1. The first kappa shape index (κ1) is 16.8. The standard InChI is InChI=1S/C18H19N5O2S/c19-12-16-18(21-9-8-20-16)22-10-3-5-15(13-22)26(24,25)23-11-7-14-4-1-2-6-17(14)23/h1-2,4,6,8-9,15H,3,5,7,10-11,13H2/t15-/m0/s1. The second kappa shape index (κ2) is 6.57. The van der Waals surface area contributed by atoms with Crippen LogP contribution >= 0.6 is 0 Å². The maximum absolute atomic E-state index is 13.3. The van der Waals surface area contributed by atoms with Crippen molar-refractivity contribution in [2.45, 2.75) is 24.5 Å². The predicted molar refractivity (Wildman–Crippen MR) is 98.4 cm³/mol. The van der Waals surface area contributed by atoms with Crippen LogP contribution < -0.4 is 9.21 Å².